The molecule has 0 radical (unpaired) electrons. The Morgan fingerprint density at radius 1 is 1.03 bits per heavy atom. The molecule has 1 aromatic heterocycles. The predicted octanol–water partition coefficient (Wildman–Crippen LogP) is 4.19. The number of hydrogen-bond donors (Lipinski definition) is 0. The first-order valence-electron chi connectivity index (χ1n) is 10.6. The second kappa shape index (κ2) is 10.4. The average Bonchev–Trinajstić information content (AvgIpc) is 3.18. The summed E-state index contributed by atoms with van der Waals surface area (Å²) in [5.74, 6) is -0.196. The van der Waals surface area contributed by atoms with Crippen LogP contribution in [0.25, 0.3) is 21.0 Å². The molecular formula is C25H24N2O5S. The van der Waals surface area contributed by atoms with Crippen molar-refractivity contribution in [2.24, 2.45) is 4.99 Å². The highest BCUT2D eigenvalue weighted by Crippen LogP contribution is 2.21. The molecule has 0 bridgehead atoms. The topological polar surface area (TPSA) is 79.1 Å². The van der Waals surface area contributed by atoms with Gasteiger partial charge in [-0.1, -0.05) is 41.7 Å². The SMILES string of the molecule is CCOCCn1c(=NC(=O)COc2ccc3ccccc3c2)sc2cc(C(=O)OC)ccc21. The van der Waals surface area contributed by atoms with E-state index in [1.165, 1.54) is 18.4 Å². The zero-order chi connectivity index (χ0) is 23.2. The number of rotatable bonds is 8. The van der Waals surface area contributed by atoms with Gasteiger partial charge in [-0.05, 0) is 48.0 Å². The molecule has 170 valence electrons. The van der Waals surface area contributed by atoms with Gasteiger partial charge in [0.15, 0.2) is 11.4 Å². The quantitative estimate of drug-likeness (QED) is 0.289. The second-order valence-corrected chi connectivity index (χ2v) is 8.22. The normalized spacial score (nSPS) is 11.8. The number of thiazole rings is 1. The van der Waals surface area contributed by atoms with E-state index in [-0.39, 0.29) is 6.61 Å². The fraction of sp³-hybridized carbons (Fsp3) is 0.240. The van der Waals surface area contributed by atoms with E-state index in [9.17, 15) is 9.59 Å². The smallest absolute Gasteiger partial charge is 0.337 e. The van der Waals surface area contributed by atoms with Crippen molar-refractivity contribution < 1.29 is 23.8 Å². The van der Waals surface area contributed by atoms with Crippen LogP contribution in [0, 0.1) is 0 Å². The van der Waals surface area contributed by atoms with Crippen molar-refractivity contribution in [3.8, 4) is 5.75 Å². The molecule has 0 N–H and O–H groups in total. The lowest BCUT2D eigenvalue weighted by atomic mass is 10.1. The Hall–Kier alpha value is -3.49. The summed E-state index contributed by atoms with van der Waals surface area (Å²) in [5.41, 5.74) is 1.31. The molecule has 0 atom stereocenters. The van der Waals surface area contributed by atoms with E-state index in [0.29, 0.717) is 35.9 Å². The fourth-order valence-electron chi connectivity index (χ4n) is 3.46. The molecule has 4 aromatic rings. The zero-order valence-corrected chi connectivity index (χ0v) is 19.3. The number of amides is 1. The molecule has 0 aliphatic heterocycles. The number of methoxy groups -OCH3 is 1. The lowest BCUT2D eigenvalue weighted by molar-refractivity contribution is -0.120. The molecular weight excluding hydrogens is 440 g/mol. The summed E-state index contributed by atoms with van der Waals surface area (Å²) >= 11 is 1.33. The van der Waals surface area contributed by atoms with Crippen molar-refractivity contribution in [1.82, 2.24) is 4.57 Å². The zero-order valence-electron chi connectivity index (χ0n) is 18.4. The van der Waals surface area contributed by atoms with Gasteiger partial charge >= 0.3 is 5.97 Å². The highest BCUT2D eigenvalue weighted by Gasteiger charge is 2.12. The van der Waals surface area contributed by atoms with Crippen LogP contribution in [0.3, 0.4) is 0 Å². The van der Waals surface area contributed by atoms with Crippen LogP contribution < -0.4 is 9.54 Å². The molecule has 0 fully saturated rings. The lowest BCUT2D eigenvalue weighted by Crippen LogP contribution is -2.21. The number of carbonyl (C=O) groups excluding carboxylic acids is 2. The van der Waals surface area contributed by atoms with Gasteiger partial charge in [-0.3, -0.25) is 4.79 Å². The number of aromatic nitrogens is 1. The van der Waals surface area contributed by atoms with Crippen LogP contribution in [0.5, 0.6) is 5.75 Å². The van der Waals surface area contributed by atoms with Gasteiger partial charge in [0.05, 0.1) is 29.5 Å². The molecule has 0 saturated carbocycles. The second-order valence-electron chi connectivity index (χ2n) is 7.21. The Morgan fingerprint density at radius 3 is 2.64 bits per heavy atom. The van der Waals surface area contributed by atoms with E-state index >= 15 is 0 Å². The van der Waals surface area contributed by atoms with Crippen molar-refractivity contribution in [2.75, 3.05) is 26.9 Å². The van der Waals surface area contributed by atoms with E-state index in [1.54, 1.807) is 12.1 Å². The third kappa shape index (κ3) is 5.30. The van der Waals surface area contributed by atoms with E-state index in [4.69, 9.17) is 14.2 Å². The van der Waals surface area contributed by atoms with Gasteiger partial charge in [0.25, 0.3) is 5.91 Å². The highest BCUT2D eigenvalue weighted by atomic mass is 32.1. The van der Waals surface area contributed by atoms with Gasteiger partial charge in [-0.25, -0.2) is 4.79 Å². The van der Waals surface area contributed by atoms with Crippen LogP contribution in [0.2, 0.25) is 0 Å². The first-order valence-corrected chi connectivity index (χ1v) is 11.4. The molecule has 7 nitrogen and oxygen atoms in total. The van der Waals surface area contributed by atoms with Gasteiger partial charge in [-0.15, -0.1) is 0 Å². The van der Waals surface area contributed by atoms with E-state index in [1.807, 2.05) is 60.0 Å². The van der Waals surface area contributed by atoms with E-state index < -0.39 is 11.9 Å². The molecule has 0 spiro atoms. The Bertz CT molecular complexity index is 1370. The number of benzene rings is 3. The average molecular weight is 465 g/mol. The number of esters is 1. The minimum absolute atomic E-state index is 0.175. The van der Waals surface area contributed by atoms with Crippen molar-refractivity contribution in [3.63, 3.8) is 0 Å². The van der Waals surface area contributed by atoms with Gasteiger partial charge in [0.2, 0.25) is 0 Å². The van der Waals surface area contributed by atoms with Gasteiger partial charge in [0, 0.05) is 13.2 Å². The van der Waals surface area contributed by atoms with Crippen LogP contribution in [0.4, 0.5) is 0 Å². The van der Waals surface area contributed by atoms with Crippen LogP contribution in [0.1, 0.15) is 17.3 Å². The summed E-state index contributed by atoms with van der Waals surface area (Å²) in [6.45, 7) is 3.36. The molecule has 0 unspecified atom stereocenters. The number of fused-ring (bicyclic) bond motifs is 2. The Labute approximate surface area is 194 Å². The lowest BCUT2D eigenvalue weighted by Gasteiger charge is -2.07. The minimum atomic E-state index is -0.412. The van der Waals surface area contributed by atoms with Crippen LogP contribution in [0.15, 0.2) is 65.7 Å². The monoisotopic (exact) mass is 464 g/mol. The predicted molar refractivity (Wildman–Crippen MR) is 128 cm³/mol. The third-order valence-corrected chi connectivity index (χ3v) is 6.11. The van der Waals surface area contributed by atoms with Crippen molar-refractivity contribution in [1.29, 1.82) is 0 Å². The highest BCUT2D eigenvalue weighted by molar-refractivity contribution is 7.16. The third-order valence-electron chi connectivity index (χ3n) is 5.07. The molecule has 1 heterocycles. The number of carbonyl (C=O) groups is 2. The summed E-state index contributed by atoms with van der Waals surface area (Å²) < 4.78 is 18.7. The largest absolute Gasteiger partial charge is 0.484 e. The van der Waals surface area contributed by atoms with Gasteiger partial charge < -0.3 is 18.8 Å². The summed E-state index contributed by atoms with van der Waals surface area (Å²) in [7, 11) is 1.35. The molecule has 0 aliphatic rings. The summed E-state index contributed by atoms with van der Waals surface area (Å²) in [5, 5.41) is 2.15. The molecule has 8 heteroatoms. The fourth-order valence-corrected chi connectivity index (χ4v) is 4.57. The number of hydrogen-bond acceptors (Lipinski definition) is 6. The van der Waals surface area contributed by atoms with Crippen LogP contribution in [-0.4, -0.2) is 43.4 Å². The van der Waals surface area contributed by atoms with Crippen LogP contribution in [-0.2, 0) is 20.8 Å². The molecule has 0 saturated heterocycles. The van der Waals surface area contributed by atoms with Crippen molar-refractivity contribution >= 4 is 44.2 Å². The van der Waals surface area contributed by atoms with Crippen molar-refractivity contribution in [3.05, 3.63) is 71.0 Å². The Kier molecular flexibility index (Phi) is 7.16. The minimum Gasteiger partial charge on any atom is -0.484 e. The maximum atomic E-state index is 12.6. The van der Waals surface area contributed by atoms with Crippen molar-refractivity contribution in [2.45, 2.75) is 13.5 Å². The van der Waals surface area contributed by atoms with Gasteiger partial charge in [-0.2, -0.15) is 4.99 Å². The van der Waals surface area contributed by atoms with E-state index in [2.05, 4.69) is 4.99 Å². The summed E-state index contributed by atoms with van der Waals surface area (Å²) in [6, 6.07) is 18.9. The standard InChI is InChI=1S/C25H24N2O5S/c1-3-31-13-12-27-21-11-9-19(24(29)30-2)15-22(21)33-25(27)26-23(28)16-32-20-10-8-17-6-4-5-7-18(17)14-20/h4-11,14-15H,3,12-13,16H2,1-2H3. The molecule has 0 aliphatic carbocycles. The van der Waals surface area contributed by atoms with Gasteiger partial charge in [0.1, 0.15) is 5.75 Å². The number of nitrogens with zero attached hydrogens (tertiary/aromatic N) is 2. The maximum absolute atomic E-state index is 12.6. The molecule has 3 aromatic carbocycles. The first kappa shape index (κ1) is 22.7. The summed E-state index contributed by atoms with van der Waals surface area (Å²) in [6.07, 6.45) is 0. The Balaban J connectivity index is 1.59. The summed E-state index contributed by atoms with van der Waals surface area (Å²) in [4.78, 5) is 29.3. The molecule has 1 amide bonds. The van der Waals surface area contributed by atoms with Crippen LogP contribution >= 0.6 is 11.3 Å². The van der Waals surface area contributed by atoms with E-state index in [0.717, 1.165) is 21.0 Å². The first-order chi connectivity index (χ1) is 16.1. The maximum Gasteiger partial charge on any atom is 0.337 e. The number of ether oxygens (including phenoxy) is 3. The molecule has 33 heavy (non-hydrogen) atoms. The Morgan fingerprint density at radius 2 is 1.85 bits per heavy atom. The molecule has 4 rings (SSSR count).